The Labute approximate surface area is 88.1 Å². The maximum absolute atomic E-state index is 5.85. The second kappa shape index (κ2) is 5.60. The normalized spacial score (nSPS) is 13.2. The van der Waals surface area contributed by atoms with Crippen molar-refractivity contribution in [2.75, 3.05) is 13.1 Å². The van der Waals surface area contributed by atoms with E-state index in [-0.39, 0.29) is 6.04 Å². The summed E-state index contributed by atoms with van der Waals surface area (Å²) in [6, 6.07) is 4.21. The Morgan fingerprint density at radius 3 is 2.85 bits per heavy atom. The van der Waals surface area contributed by atoms with Gasteiger partial charge in [0.2, 0.25) is 0 Å². The fraction of sp³-hybridized carbons (Fsp3) is 0.556. The fourth-order valence-corrected chi connectivity index (χ4v) is 2.28. The minimum absolute atomic E-state index is 0.262. The lowest BCUT2D eigenvalue weighted by atomic mass is 10.2. The van der Waals surface area contributed by atoms with E-state index in [2.05, 4.69) is 12.2 Å². The lowest BCUT2D eigenvalue weighted by Crippen LogP contribution is -2.27. The Kier molecular flexibility index (Phi) is 4.73. The van der Waals surface area contributed by atoms with Gasteiger partial charge in [0.05, 0.1) is 10.4 Å². The van der Waals surface area contributed by atoms with Gasteiger partial charge in [0, 0.05) is 11.4 Å². The Balaban J connectivity index is 2.56. The van der Waals surface area contributed by atoms with Gasteiger partial charge < -0.3 is 11.1 Å². The smallest absolute Gasteiger partial charge is 0.0931 e. The Morgan fingerprint density at radius 2 is 2.38 bits per heavy atom. The molecule has 1 atom stereocenters. The highest BCUT2D eigenvalue weighted by atomic mass is 35.5. The average molecular weight is 219 g/mol. The summed E-state index contributed by atoms with van der Waals surface area (Å²) in [5.41, 5.74) is 5.66. The van der Waals surface area contributed by atoms with E-state index < -0.39 is 0 Å². The van der Waals surface area contributed by atoms with E-state index in [0.29, 0.717) is 6.54 Å². The van der Waals surface area contributed by atoms with Crippen molar-refractivity contribution in [3.63, 3.8) is 0 Å². The predicted molar refractivity (Wildman–Crippen MR) is 59.4 cm³/mol. The van der Waals surface area contributed by atoms with E-state index in [4.69, 9.17) is 17.3 Å². The predicted octanol–water partition coefficient (Wildman–Crippen LogP) is 2.40. The largest absolute Gasteiger partial charge is 0.329 e. The second-order valence-corrected chi connectivity index (χ2v) is 4.63. The van der Waals surface area contributed by atoms with Gasteiger partial charge in [0.15, 0.2) is 0 Å². The molecule has 0 saturated heterocycles. The van der Waals surface area contributed by atoms with Crippen LogP contribution < -0.4 is 11.1 Å². The maximum atomic E-state index is 5.85. The van der Waals surface area contributed by atoms with Crippen molar-refractivity contribution in [2.45, 2.75) is 19.4 Å². The van der Waals surface area contributed by atoms with Gasteiger partial charge in [-0.05, 0) is 25.1 Å². The van der Waals surface area contributed by atoms with Crippen LogP contribution in [0.25, 0.3) is 0 Å². The van der Waals surface area contributed by atoms with Crippen LogP contribution in [0.5, 0.6) is 0 Å². The van der Waals surface area contributed by atoms with E-state index in [1.165, 1.54) is 4.88 Å². The highest BCUT2D eigenvalue weighted by Crippen LogP contribution is 2.26. The molecule has 0 aliphatic rings. The summed E-state index contributed by atoms with van der Waals surface area (Å²) in [6.45, 7) is 3.76. The standard InChI is InChI=1S/C9H15ClN2S/c1-2-5-12-7(6-11)8-3-4-9(10)13-8/h3-4,7,12H,2,5-6,11H2,1H3. The minimum Gasteiger partial charge on any atom is -0.329 e. The summed E-state index contributed by atoms with van der Waals surface area (Å²) in [5, 5.41) is 3.38. The van der Waals surface area contributed by atoms with Crippen molar-refractivity contribution in [3.8, 4) is 0 Å². The van der Waals surface area contributed by atoms with Crippen LogP contribution in [0, 0.1) is 0 Å². The molecule has 4 heteroatoms. The van der Waals surface area contributed by atoms with Gasteiger partial charge in [0.1, 0.15) is 0 Å². The zero-order valence-corrected chi connectivity index (χ0v) is 9.29. The van der Waals surface area contributed by atoms with E-state index in [1.54, 1.807) is 11.3 Å². The SMILES string of the molecule is CCCNC(CN)c1ccc(Cl)s1. The Morgan fingerprint density at radius 1 is 1.62 bits per heavy atom. The summed E-state index contributed by atoms with van der Waals surface area (Å²) in [5.74, 6) is 0. The molecular weight excluding hydrogens is 204 g/mol. The molecule has 1 aromatic heterocycles. The number of hydrogen-bond donors (Lipinski definition) is 2. The number of hydrogen-bond acceptors (Lipinski definition) is 3. The third-order valence-corrected chi connectivity index (χ3v) is 3.16. The van der Waals surface area contributed by atoms with Crippen LogP contribution in [0.3, 0.4) is 0 Å². The molecule has 2 nitrogen and oxygen atoms in total. The first kappa shape index (κ1) is 11.0. The van der Waals surface area contributed by atoms with Crippen molar-refractivity contribution in [1.82, 2.24) is 5.32 Å². The summed E-state index contributed by atoms with van der Waals surface area (Å²) >= 11 is 7.44. The van der Waals surface area contributed by atoms with Gasteiger partial charge in [-0.1, -0.05) is 18.5 Å². The van der Waals surface area contributed by atoms with Crippen LogP contribution >= 0.6 is 22.9 Å². The molecule has 0 bridgehead atoms. The molecule has 1 rings (SSSR count). The van der Waals surface area contributed by atoms with Crippen LogP contribution in [0.1, 0.15) is 24.3 Å². The van der Waals surface area contributed by atoms with Gasteiger partial charge in [-0.2, -0.15) is 0 Å². The average Bonchev–Trinajstić information content (AvgIpc) is 2.54. The molecule has 1 aromatic rings. The molecule has 3 N–H and O–H groups in total. The number of rotatable bonds is 5. The third kappa shape index (κ3) is 3.27. The van der Waals surface area contributed by atoms with Crippen molar-refractivity contribution < 1.29 is 0 Å². The summed E-state index contributed by atoms with van der Waals surface area (Å²) < 4.78 is 0.826. The van der Waals surface area contributed by atoms with Crippen molar-refractivity contribution in [1.29, 1.82) is 0 Å². The van der Waals surface area contributed by atoms with Gasteiger partial charge in [-0.3, -0.25) is 0 Å². The quantitative estimate of drug-likeness (QED) is 0.797. The van der Waals surface area contributed by atoms with Crippen molar-refractivity contribution in [2.24, 2.45) is 5.73 Å². The molecule has 0 saturated carbocycles. The highest BCUT2D eigenvalue weighted by molar-refractivity contribution is 7.16. The van der Waals surface area contributed by atoms with E-state index in [9.17, 15) is 0 Å². The summed E-state index contributed by atoms with van der Waals surface area (Å²) in [7, 11) is 0. The summed E-state index contributed by atoms with van der Waals surface area (Å²) in [6.07, 6.45) is 1.12. The number of nitrogens with one attached hydrogen (secondary N) is 1. The molecule has 13 heavy (non-hydrogen) atoms. The number of thiophene rings is 1. The lowest BCUT2D eigenvalue weighted by Gasteiger charge is -2.13. The zero-order chi connectivity index (χ0) is 9.68. The maximum Gasteiger partial charge on any atom is 0.0931 e. The molecular formula is C9H15ClN2S. The van der Waals surface area contributed by atoms with E-state index in [1.807, 2.05) is 12.1 Å². The van der Waals surface area contributed by atoms with Crippen molar-refractivity contribution >= 4 is 22.9 Å². The van der Waals surface area contributed by atoms with E-state index >= 15 is 0 Å². The highest BCUT2D eigenvalue weighted by Gasteiger charge is 2.10. The fourth-order valence-electron chi connectivity index (χ4n) is 1.13. The lowest BCUT2D eigenvalue weighted by molar-refractivity contribution is 0.547. The molecule has 0 radical (unpaired) electrons. The molecule has 1 heterocycles. The minimum atomic E-state index is 0.262. The van der Waals surface area contributed by atoms with Crippen LogP contribution in [0.15, 0.2) is 12.1 Å². The first-order valence-electron chi connectivity index (χ1n) is 4.46. The first-order chi connectivity index (χ1) is 6.27. The molecule has 0 aliphatic carbocycles. The first-order valence-corrected chi connectivity index (χ1v) is 5.66. The van der Waals surface area contributed by atoms with Gasteiger partial charge >= 0.3 is 0 Å². The molecule has 1 unspecified atom stereocenters. The van der Waals surface area contributed by atoms with Crippen LogP contribution in [0.2, 0.25) is 4.34 Å². The topological polar surface area (TPSA) is 38.0 Å². The van der Waals surface area contributed by atoms with E-state index in [0.717, 1.165) is 17.3 Å². The molecule has 74 valence electrons. The number of halogens is 1. The molecule has 0 aromatic carbocycles. The van der Waals surface area contributed by atoms with Gasteiger partial charge in [-0.25, -0.2) is 0 Å². The van der Waals surface area contributed by atoms with Crippen LogP contribution in [0.4, 0.5) is 0 Å². The molecule has 0 aliphatic heterocycles. The Bertz CT molecular complexity index is 250. The summed E-state index contributed by atoms with van der Waals surface area (Å²) in [4.78, 5) is 1.22. The Hall–Kier alpha value is -0.0900. The second-order valence-electron chi connectivity index (χ2n) is 2.88. The van der Waals surface area contributed by atoms with Crippen molar-refractivity contribution in [3.05, 3.63) is 21.3 Å². The monoisotopic (exact) mass is 218 g/mol. The molecule has 0 amide bonds. The van der Waals surface area contributed by atoms with Crippen LogP contribution in [-0.2, 0) is 0 Å². The van der Waals surface area contributed by atoms with Gasteiger partial charge in [-0.15, -0.1) is 11.3 Å². The zero-order valence-electron chi connectivity index (χ0n) is 7.72. The number of nitrogens with two attached hydrogens (primary N) is 1. The molecule has 0 spiro atoms. The van der Waals surface area contributed by atoms with Gasteiger partial charge in [0.25, 0.3) is 0 Å². The van der Waals surface area contributed by atoms with Crippen LogP contribution in [-0.4, -0.2) is 13.1 Å². The third-order valence-electron chi connectivity index (χ3n) is 1.81. The molecule has 0 fully saturated rings.